The Bertz CT molecular complexity index is 379. The monoisotopic (exact) mass is 235 g/mol. The first-order valence-electron chi connectivity index (χ1n) is 4.28. The number of aromatic nitrogens is 1. The summed E-state index contributed by atoms with van der Waals surface area (Å²) in [7, 11) is 0. The van der Waals surface area contributed by atoms with Gasteiger partial charge in [-0.3, -0.25) is 0 Å². The number of halogens is 3. The molecule has 1 aromatic heterocycles. The van der Waals surface area contributed by atoms with Crippen LogP contribution < -0.4 is 4.74 Å². The number of pyridine rings is 1. The molecule has 0 spiro atoms. The first-order valence-corrected chi connectivity index (χ1v) is 4.28. The number of carboxylic acid groups (broad SMARTS) is 1. The van der Waals surface area contributed by atoms with Gasteiger partial charge in [0.05, 0.1) is 13.0 Å². The van der Waals surface area contributed by atoms with Gasteiger partial charge in [0.25, 0.3) is 0 Å². The second-order valence-corrected chi connectivity index (χ2v) is 2.87. The largest absolute Gasteiger partial charge is 0.477 e. The van der Waals surface area contributed by atoms with E-state index in [0.29, 0.717) is 0 Å². The summed E-state index contributed by atoms with van der Waals surface area (Å²) in [5.41, 5.74) is -0.260. The van der Waals surface area contributed by atoms with Gasteiger partial charge in [-0.1, -0.05) is 0 Å². The maximum Gasteiger partial charge on any atom is 0.392 e. The average molecular weight is 235 g/mol. The fourth-order valence-electron chi connectivity index (χ4n) is 0.932. The summed E-state index contributed by atoms with van der Waals surface area (Å²) in [6.45, 7) is -0.652. The van der Waals surface area contributed by atoms with Crippen LogP contribution in [-0.2, 0) is 0 Å². The van der Waals surface area contributed by atoms with Gasteiger partial charge in [0.1, 0.15) is 5.56 Å². The first-order chi connectivity index (χ1) is 7.40. The van der Waals surface area contributed by atoms with Crippen LogP contribution in [0.15, 0.2) is 18.3 Å². The van der Waals surface area contributed by atoms with E-state index in [2.05, 4.69) is 9.72 Å². The number of ether oxygens (including phenoxy) is 1. The summed E-state index contributed by atoms with van der Waals surface area (Å²) in [5.74, 6) is -1.60. The Hall–Kier alpha value is -1.79. The predicted octanol–water partition coefficient (Wildman–Crippen LogP) is 2.11. The molecule has 1 rings (SSSR count). The quantitative estimate of drug-likeness (QED) is 0.868. The number of rotatable bonds is 4. The molecule has 0 aliphatic carbocycles. The Morgan fingerprint density at radius 3 is 2.75 bits per heavy atom. The Balaban J connectivity index is 2.64. The number of hydrogen-bond acceptors (Lipinski definition) is 3. The van der Waals surface area contributed by atoms with Gasteiger partial charge in [0.2, 0.25) is 5.88 Å². The highest BCUT2D eigenvalue weighted by atomic mass is 19.4. The summed E-state index contributed by atoms with van der Waals surface area (Å²) in [6, 6.07) is 2.57. The van der Waals surface area contributed by atoms with Gasteiger partial charge >= 0.3 is 12.1 Å². The van der Waals surface area contributed by atoms with Gasteiger partial charge in [-0.15, -0.1) is 0 Å². The van der Waals surface area contributed by atoms with Crippen LogP contribution in [0.2, 0.25) is 0 Å². The van der Waals surface area contributed by atoms with Crippen molar-refractivity contribution in [3.05, 3.63) is 23.9 Å². The van der Waals surface area contributed by atoms with E-state index >= 15 is 0 Å². The van der Waals surface area contributed by atoms with Gasteiger partial charge < -0.3 is 9.84 Å². The first kappa shape index (κ1) is 12.3. The van der Waals surface area contributed by atoms with Crippen molar-refractivity contribution in [3.8, 4) is 5.88 Å². The van der Waals surface area contributed by atoms with Crippen molar-refractivity contribution in [2.75, 3.05) is 6.61 Å². The lowest BCUT2D eigenvalue weighted by atomic mass is 10.3. The number of carboxylic acids is 1. The third-order valence-electron chi connectivity index (χ3n) is 1.63. The van der Waals surface area contributed by atoms with Gasteiger partial charge in [-0.2, -0.15) is 13.2 Å². The Morgan fingerprint density at radius 1 is 1.50 bits per heavy atom. The van der Waals surface area contributed by atoms with E-state index in [1.165, 1.54) is 18.3 Å². The molecule has 0 atom stereocenters. The summed E-state index contributed by atoms with van der Waals surface area (Å²) >= 11 is 0. The lowest BCUT2D eigenvalue weighted by Crippen LogP contribution is -2.14. The summed E-state index contributed by atoms with van der Waals surface area (Å²) in [6.07, 6.45) is -4.24. The highest BCUT2D eigenvalue weighted by Gasteiger charge is 2.27. The maximum atomic E-state index is 11.8. The third kappa shape index (κ3) is 3.76. The molecule has 88 valence electrons. The molecule has 0 saturated heterocycles. The Morgan fingerprint density at radius 2 is 2.19 bits per heavy atom. The second kappa shape index (κ2) is 4.82. The van der Waals surface area contributed by atoms with E-state index in [1.54, 1.807) is 0 Å². The van der Waals surface area contributed by atoms with Crippen LogP contribution in [0.1, 0.15) is 16.8 Å². The molecule has 1 heterocycles. The standard InChI is InChI=1S/C9H8F3NO3/c10-9(11,12)3-5-16-7-6(8(14)15)2-1-4-13-7/h1-2,4H,3,5H2,(H,14,15). The number of alkyl halides is 3. The van der Waals surface area contributed by atoms with Crippen molar-refractivity contribution >= 4 is 5.97 Å². The summed E-state index contributed by atoms with van der Waals surface area (Å²) in [4.78, 5) is 14.2. The molecular formula is C9H8F3NO3. The maximum absolute atomic E-state index is 11.8. The fraction of sp³-hybridized carbons (Fsp3) is 0.333. The summed E-state index contributed by atoms with van der Waals surface area (Å²) < 4.78 is 40.1. The zero-order valence-corrected chi connectivity index (χ0v) is 7.99. The van der Waals surface area contributed by atoms with E-state index < -0.39 is 25.2 Å². The normalized spacial score (nSPS) is 11.2. The molecule has 0 unspecified atom stereocenters. The molecule has 0 radical (unpaired) electrons. The van der Waals surface area contributed by atoms with Gasteiger partial charge in [-0.25, -0.2) is 9.78 Å². The molecule has 0 aliphatic rings. The molecule has 1 aromatic rings. The molecule has 0 amide bonds. The molecule has 7 heteroatoms. The predicted molar refractivity (Wildman–Crippen MR) is 47.4 cm³/mol. The van der Waals surface area contributed by atoms with E-state index in [0.717, 1.165) is 0 Å². The van der Waals surface area contributed by atoms with Crippen molar-refractivity contribution in [1.29, 1.82) is 0 Å². The van der Waals surface area contributed by atoms with Gasteiger partial charge in [0.15, 0.2) is 0 Å². The van der Waals surface area contributed by atoms with Crippen LogP contribution in [0.5, 0.6) is 5.88 Å². The zero-order valence-electron chi connectivity index (χ0n) is 7.99. The highest BCUT2D eigenvalue weighted by molar-refractivity contribution is 5.90. The van der Waals surface area contributed by atoms with E-state index in [9.17, 15) is 18.0 Å². The van der Waals surface area contributed by atoms with Gasteiger partial charge in [-0.05, 0) is 12.1 Å². The van der Waals surface area contributed by atoms with Gasteiger partial charge in [0, 0.05) is 6.20 Å². The van der Waals surface area contributed by atoms with Crippen molar-refractivity contribution in [1.82, 2.24) is 4.98 Å². The molecule has 1 N–H and O–H groups in total. The number of carbonyl (C=O) groups is 1. The highest BCUT2D eigenvalue weighted by Crippen LogP contribution is 2.20. The molecule has 4 nitrogen and oxygen atoms in total. The molecular weight excluding hydrogens is 227 g/mol. The lowest BCUT2D eigenvalue weighted by molar-refractivity contribution is -0.139. The minimum atomic E-state index is -4.34. The lowest BCUT2D eigenvalue weighted by Gasteiger charge is -2.09. The number of hydrogen-bond donors (Lipinski definition) is 1. The van der Waals surface area contributed by atoms with E-state index in [4.69, 9.17) is 5.11 Å². The summed E-state index contributed by atoms with van der Waals surface area (Å²) in [5, 5.41) is 8.68. The molecule has 0 fully saturated rings. The van der Waals surface area contributed by atoms with Crippen LogP contribution in [0, 0.1) is 0 Å². The fourth-order valence-corrected chi connectivity index (χ4v) is 0.932. The van der Waals surface area contributed by atoms with Crippen LogP contribution in [0.3, 0.4) is 0 Å². The van der Waals surface area contributed by atoms with Crippen molar-refractivity contribution in [2.45, 2.75) is 12.6 Å². The topological polar surface area (TPSA) is 59.4 Å². The molecule has 0 bridgehead atoms. The minimum Gasteiger partial charge on any atom is -0.477 e. The van der Waals surface area contributed by atoms with Crippen LogP contribution in [0.25, 0.3) is 0 Å². The number of aromatic carboxylic acids is 1. The third-order valence-corrected chi connectivity index (χ3v) is 1.63. The van der Waals surface area contributed by atoms with Crippen molar-refractivity contribution in [2.24, 2.45) is 0 Å². The number of nitrogens with zero attached hydrogens (tertiary/aromatic N) is 1. The second-order valence-electron chi connectivity index (χ2n) is 2.87. The zero-order chi connectivity index (χ0) is 12.2. The smallest absolute Gasteiger partial charge is 0.392 e. The SMILES string of the molecule is O=C(O)c1cccnc1OCCC(F)(F)F. The molecule has 0 saturated carbocycles. The van der Waals surface area contributed by atoms with E-state index in [1.807, 2.05) is 0 Å². The van der Waals surface area contributed by atoms with Crippen molar-refractivity contribution in [3.63, 3.8) is 0 Å². The minimum absolute atomic E-state index is 0.260. The van der Waals surface area contributed by atoms with Crippen LogP contribution in [-0.4, -0.2) is 28.8 Å². The van der Waals surface area contributed by atoms with E-state index in [-0.39, 0.29) is 11.4 Å². The Labute approximate surface area is 88.7 Å². The van der Waals surface area contributed by atoms with Crippen LogP contribution >= 0.6 is 0 Å². The average Bonchev–Trinajstić information content (AvgIpc) is 2.16. The molecule has 16 heavy (non-hydrogen) atoms. The van der Waals surface area contributed by atoms with Crippen molar-refractivity contribution < 1.29 is 27.8 Å². The molecule has 0 aromatic carbocycles. The molecule has 0 aliphatic heterocycles. The Kier molecular flexibility index (Phi) is 3.70. The van der Waals surface area contributed by atoms with Crippen LogP contribution in [0.4, 0.5) is 13.2 Å².